The van der Waals surface area contributed by atoms with Gasteiger partial charge in [0, 0.05) is 5.02 Å². The second-order valence-electron chi connectivity index (χ2n) is 2.86. The molecule has 1 saturated heterocycles. The molecule has 12 heavy (non-hydrogen) atoms. The molecule has 2 nitrogen and oxygen atoms in total. The Morgan fingerprint density at radius 1 is 1.33 bits per heavy atom. The van der Waals surface area contributed by atoms with E-state index in [1.165, 1.54) is 5.56 Å². The van der Waals surface area contributed by atoms with Gasteiger partial charge < -0.3 is 4.84 Å². The van der Waals surface area contributed by atoms with Crippen molar-refractivity contribution in [1.29, 1.82) is 0 Å². The van der Waals surface area contributed by atoms with Gasteiger partial charge in [-0.25, -0.2) is 0 Å². The predicted molar refractivity (Wildman–Crippen MR) is 47.9 cm³/mol. The number of hydrogen-bond acceptors (Lipinski definition) is 2. The maximum Gasteiger partial charge on any atom is 0.0701 e. The standard InChI is InChI=1S/C9H10ClNO/c10-8-3-1-7(2-4-8)9-5-6-12-11-9/h1-4,9,11H,5-6H2. The first-order chi connectivity index (χ1) is 5.86. The average molecular weight is 184 g/mol. The summed E-state index contributed by atoms with van der Waals surface area (Å²) in [4.78, 5) is 5.06. The Morgan fingerprint density at radius 3 is 2.67 bits per heavy atom. The number of nitrogens with one attached hydrogen (secondary N) is 1. The van der Waals surface area contributed by atoms with E-state index in [-0.39, 0.29) is 0 Å². The Morgan fingerprint density at radius 2 is 2.08 bits per heavy atom. The molecule has 64 valence electrons. The Balaban J connectivity index is 2.17. The highest BCUT2D eigenvalue weighted by atomic mass is 35.5. The second-order valence-corrected chi connectivity index (χ2v) is 3.30. The molecule has 1 fully saturated rings. The summed E-state index contributed by atoms with van der Waals surface area (Å²) in [6.45, 7) is 0.785. The van der Waals surface area contributed by atoms with Crippen LogP contribution >= 0.6 is 11.6 Å². The maximum atomic E-state index is 5.77. The first kappa shape index (κ1) is 8.05. The van der Waals surface area contributed by atoms with E-state index in [1.54, 1.807) is 0 Å². The zero-order valence-electron chi connectivity index (χ0n) is 6.59. The molecule has 3 heteroatoms. The molecule has 0 spiro atoms. The monoisotopic (exact) mass is 183 g/mol. The highest BCUT2D eigenvalue weighted by Crippen LogP contribution is 2.22. The summed E-state index contributed by atoms with van der Waals surface area (Å²) in [6.07, 6.45) is 1.03. The van der Waals surface area contributed by atoms with Gasteiger partial charge in [0.05, 0.1) is 12.6 Å². The van der Waals surface area contributed by atoms with E-state index >= 15 is 0 Å². The van der Waals surface area contributed by atoms with E-state index in [0.717, 1.165) is 18.1 Å². The highest BCUT2D eigenvalue weighted by molar-refractivity contribution is 6.30. The molecule has 0 radical (unpaired) electrons. The molecule has 0 aliphatic carbocycles. The van der Waals surface area contributed by atoms with Crippen molar-refractivity contribution in [2.75, 3.05) is 6.61 Å². The van der Waals surface area contributed by atoms with Crippen LogP contribution in [0, 0.1) is 0 Å². The molecule has 1 aromatic rings. The predicted octanol–water partition coefficient (Wildman–Crippen LogP) is 2.31. The molecular weight excluding hydrogens is 174 g/mol. The lowest BCUT2D eigenvalue weighted by Crippen LogP contribution is -2.10. The van der Waals surface area contributed by atoms with Crippen LogP contribution < -0.4 is 5.48 Å². The summed E-state index contributed by atoms with van der Waals surface area (Å²) in [5.41, 5.74) is 4.18. The molecule has 1 aliphatic heterocycles. The molecule has 0 saturated carbocycles. The summed E-state index contributed by atoms with van der Waals surface area (Å²) in [5, 5.41) is 0.776. The van der Waals surface area contributed by atoms with Crippen molar-refractivity contribution in [3.8, 4) is 0 Å². The Hall–Kier alpha value is -0.570. The third-order valence-electron chi connectivity index (χ3n) is 2.01. The third kappa shape index (κ3) is 1.61. The van der Waals surface area contributed by atoms with Crippen LogP contribution in [0.15, 0.2) is 24.3 Å². The largest absolute Gasteiger partial charge is 0.301 e. The third-order valence-corrected chi connectivity index (χ3v) is 2.26. The van der Waals surface area contributed by atoms with Crippen LogP contribution in [0.5, 0.6) is 0 Å². The fourth-order valence-electron chi connectivity index (χ4n) is 1.33. The zero-order valence-corrected chi connectivity index (χ0v) is 7.34. The van der Waals surface area contributed by atoms with Gasteiger partial charge in [0.2, 0.25) is 0 Å². The van der Waals surface area contributed by atoms with Gasteiger partial charge in [0.1, 0.15) is 0 Å². The van der Waals surface area contributed by atoms with Crippen LogP contribution in [0.4, 0.5) is 0 Å². The van der Waals surface area contributed by atoms with Crippen molar-refractivity contribution in [3.05, 3.63) is 34.9 Å². The number of hydroxylamine groups is 1. The minimum atomic E-state index is 0.335. The van der Waals surface area contributed by atoms with Crippen LogP contribution in [0.1, 0.15) is 18.0 Å². The lowest BCUT2D eigenvalue weighted by Gasteiger charge is -2.07. The van der Waals surface area contributed by atoms with Gasteiger partial charge in [-0.3, -0.25) is 0 Å². The Kier molecular flexibility index (Phi) is 2.30. The summed E-state index contributed by atoms with van der Waals surface area (Å²) in [5.74, 6) is 0. The van der Waals surface area contributed by atoms with Crippen molar-refractivity contribution in [3.63, 3.8) is 0 Å². The Labute approximate surface area is 76.4 Å². The molecule has 1 atom stereocenters. The van der Waals surface area contributed by atoms with Gasteiger partial charge in [-0.15, -0.1) is 0 Å². The molecule has 1 unspecified atom stereocenters. The van der Waals surface area contributed by atoms with Gasteiger partial charge in [0.25, 0.3) is 0 Å². The zero-order chi connectivity index (χ0) is 8.39. The van der Waals surface area contributed by atoms with E-state index < -0.39 is 0 Å². The molecule has 0 amide bonds. The maximum absolute atomic E-state index is 5.77. The lowest BCUT2D eigenvalue weighted by atomic mass is 10.1. The van der Waals surface area contributed by atoms with Crippen molar-refractivity contribution >= 4 is 11.6 Å². The number of hydrogen-bond donors (Lipinski definition) is 1. The molecular formula is C9H10ClNO. The van der Waals surface area contributed by atoms with Crippen LogP contribution in [-0.4, -0.2) is 6.61 Å². The van der Waals surface area contributed by atoms with Crippen molar-refractivity contribution < 1.29 is 4.84 Å². The highest BCUT2D eigenvalue weighted by Gasteiger charge is 2.16. The minimum Gasteiger partial charge on any atom is -0.301 e. The summed E-state index contributed by atoms with van der Waals surface area (Å²) < 4.78 is 0. The minimum absolute atomic E-state index is 0.335. The quantitative estimate of drug-likeness (QED) is 0.722. The molecule has 2 rings (SSSR count). The molecule has 1 aliphatic rings. The second kappa shape index (κ2) is 3.44. The topological polar surface area (TPSA) is 21.3 Å². The molecule has 0 aromatic heterocycles. The van der Waals surface area contributed by atoms with Crippen LogP contribution in [-0.2, 0) is 4.84 Å². The Bertz CT molecular complexity index is 254. The number of halogens is 1. The number of benzene rings is 1. The SMILES string of the molecule is Clc1ccc(C2CCON2)cc1. The smallest absolute Gasteiger partial charge is 0.0701 e. The fraction of sp³-hybridized carbons (Fsp3) is 0.333. The molecule has 1 N–H and O–H groups in total. The van der Waals surface area contributed by atoms with Crippen LogP contribution in [0.2, 0.25) is 5.02 Å². The molecule has 1 aromatic carbocycles. The van der Waals surface area contributed by atoms with Gasteiger partial charge in [-0.2, -0.15) is 5.48 Å². The first-order valence-corrected chi connectivity index (χ1v) is 4.37. The van der Waals surface area contributed by atoms with E-state index in [1.807, 2.05) is 24.3 Å². The van der Waals surface area contributed by atoms with Crippen molar-refractivity contribution in [1.82, 2.24) is 5.48 Å². The van der Waals surface area contributed by atoms with Gasteiger partial charge >= 0.3 is 0 Å². The van der Waals surface area contributed by atoms with Gasteiger partial charge in [-0.1, -0.05) is 23.7 Å². The normalized spacial score (nSPS) is 22.9. The van der Waals surface area contributed by atoms with Crippen molar-refractivity contribution in [2.45, 2.75) is 12.5 Å². The summed E-state index contributed by atoms with van der Waals surface area (Å²) >= 11 is 5.77. The van der Waals surface area contributed by atoms with E-state index in [2.05, 4.69) is 5.48 Å². The first-order valence-electron chi connectivity index (χ1n) is 3.99. The molecule has 0 bridgehead atoms. The fourth-order valence-corrected chi connectivity index (χ4v) is 1.45. The summed E-state index contributed by atoms with van der Waals surface area (Å²) in [7, 11) is 0. The van der Waals surface area contributed by atoms with Gasteiger partial charge in [0.15, 0.2) is 0 Å². The van der Waals surface area contributed by atoms with Crippen LogP contribution in [0.25, 0.3) is 0 Å². The van der Waals surface area contributed by atoms with E-state index in [0.29, 0.717) is 6.04 Å². The van der Waals surface area contributed by atoms with Gasteiger partial charge in [-0.05, 0) is 24.1 Å². The summed E-state index contributed by atoms with van der Waals surface area (Å²) in [6, 6.07) is 8.18. The van der Waals surface area contributed by atoms with E-state index in [9.17, 15) is 0 Å². The van der Waals surface area contributed by atoms with Crippen molar-refractivity contribution in [2.24, 2.45) is 0 Å². The number of rotatable bonds is 1. The average Bonchev–Trinajstić information content (AvgIpc) is 2.58. The lowest BCUT2D eigenvalue weighted by molar-refractivity contribution is 0.0883. The van der Waals surface area contributed by atoms with E-state index in [4.69, 9.17) is 16.4 Å². The van der Waals surface area contributed by atoms with Crippen LogP contribution in [0.3, 0.4) is 0 Å². The molecule has 1 heterocycles.